The first kappa shape index (κ1) is 18.2. The fourth-order valence-corrected chi connectivity index (χ4v) is 2.75. The molecule has 8 heteroatoms. The molecule has 3 rings (SSSR count). The zero-order chi connectivity index (χ0) is 18.6. The van der Waals surface area contributed by atoms with Crippen molar-refractivity contribution in [2.45, 2.75) is 32.5 Å². The molecular weight excluding hydrogens is 336 g/mol. The topological polar surface area (TPSA) is 99.4 Å². The average molecular weight is 358 g/mol. The number of nitro benzene ring substituents is 1. The molecule has 0 aliphatic carbocycles. The molecule has 0 atom stereocenters. The molecule has 1 aromatic carbocycles. The maximum absolute atomic E-state index is 10.8. The van der Waals surface area contributed by atoms with Gasteiger partial charge in [0.2, 0.25) is 0 Å². The monoisotopic (exact) mass is 358 g/mol. The minimum atomic E-state index is -0.547. The number of rotatable bonds is 7. The number of anilines is 1. The van der Waals surface area contributed by atoms with Crippen molar-refractivity contribution < 1.29 is 14.4 Å². The van der Waals surface area contributed by atoms with Gasteiger partial charge in [0.15, 0.2) is 11.6 Å². The van der Waals surface area contributed by atoms with Crippen LogP contribution in [0.25, 0.3) is 11.4 Å². The second kappa shape index (κ2) is 7.76. The molecule has 0 spiro atoms. The SMILES string of the molecule is CCc1cc(NCCC2(C)OCCO2)nc(-c2ccc([N+](=O)[O-])cc2)n1. The Hall–Kier alpha value is -2.58. The van der Waals surface area contributed by atoms with E-state index in [1.54, 1.807) is 12.1 Å². The van der Waals surface area contributed by atoms with E-state index in [9.17, 15) is 10.1 Å². The lowest BCUT2D eigenvalue weighted by Gasteiger charge is -2.22. The van der Waals surface area contributed by atoms with Crippen molar-refractivity contribution in [1.29, 1.82) is 0 Å². The predicted octanol–water partition coefficient (Wildman–Crippen LogP) is 3.18. The Morgan fingerprint density at radius 2 is 1.92 bits per heavy atom. The number of ether oxygens (including phenoxy) is 2. The fraction of sp³-hybridized carbons (Fsp3) is 0.444. The van der Waals surface area contributed by atoms with Crippen molar-refractivity contribution in [3.8, 4) is 11.4 Å². The standard InChI is InChI=1S/C18H22N4O4/c1-3-14-12-16(19-9-8-18(2)25-10-11-26-18)21-17(20-14)13-4-6-15(7-5-13)22(23)24/h4-7,12H,3,8-11H2,1-2H3,(H,19,20,21). The highest BCUT2D eigenvalue weighted by atomic mass is 16.7. The Morgan fingerprint density at radius 3 is 2.54 bits per heavy atom. The van der Waals surface area contributed by atoms with Gasteiger partial charge in [-0.15, -0.1) is 0 Å². The third kappa shape index (κ3) is 4.33. The van der Waals surface area contributed by atoms with Crippen LogP contribution < -0.4 is 5.32 Å². The average Bonchev–Trinajstić information content (AvgIpc) is 3.08. The third-order valence-electron chi connectivity index (χ3n) is 4.26. The van der Waals surface area contributed by atoms with E-state index in [0.717, 1.165) is 17.7 Å². The van der Waals surface area contributed by atoms with Gasteiger partial charge in [0, 0.05) is 42.4 Å². The van der Waals surface area contributed by atoms with E-state index >= 15 is 0 Å². The molecule has 26 heavy (non-hydrogen) atoms. The van der Waals surface area contributed by atoms with Crippen LogP contribution in [0.5, 0.6) is 0 Å². The molecule has 8 nitrogen and oxygen atoms in total. The Bertz CT molecular complexity index is 773. The lowest BCUT2D eigenvalue weighted by Crippen LogP contribution is -2.28. The molecule has 0 radical (unpaired) electrons. The minimum absolute atomic E-state index is 0.0450. The third-order valence-corrected chi connectivity index (χ3v) is 4.26. The number of hydrogen-bond donors (Lipinski definition) is 1. The van der Waals surface area contributed by atoms with Crippen LogP contribution in [0.3, 0.4) is 0 Å². The van der Waals surface area contributed by atoms with E-state index in [1.165, 1.54) is 12.1 Å². The van der Waals surface area contributed by atoms with E-state index in [2.05, 4.69) is 15.3 Å². The summed E-state index contributed by atoms with van der Waals surface area (Å²) < 4.78 is 11.2. The van der Waals surface area contributed by atoms with Crippen LogP contribution in [-0.2, 0) is 15.9 Å². The van der Waals surface area contributed by atoms with Crippen LogP contribution in [0.4, 0.5) is 11.5 Å². The van der Waals surface area contributed by atoms with Crippen molar-refractivity contribution in [2.75, 3.05) is 25.1 Å². The largest absolute Gasteiger partial charge is 0.370 e. The highest BCUT2D eigenvalue weighted by Crippen LogP contribution is 2.24. The normalized spacial score (nSPS) is 15.8. The number of aryl methyl sites for hydroxylation is 1. The summed E-state index contributed by atoms with van der Waals surface area (Å²) >= 11 is 0. The van der Waals surface area contributed by atoms with Gasteiger partial charge in [0.05, 0.1) is 18.1 Å². The molecule has 0 amide bonds. The molecule has 1 aliphatic heterocycles. The summed E-state index contributed by atoms with van der Waals surface area (Å²) in [6.07, 6.45) is 1.46. The summed E-state index contributed by atoms with van der Waals surface area (Å²) in [7, 11) is 0. The minimum Gasteiger partial charge on any atom is -0.370 e. The van der Waals surface area contributed by atoms with Crippen LogP contribution in [0.2, 0.25) is 0 Å². The zero-order valence-electron chi connectivity index (χ0n) is 14.9. The number of aromatic nitrogens is 2. The predicted molar refractivity (Wildman–Crippen MR) is 96.9 cm³/mol. The van der Waals surface area contributed by atoms with E-state index in [-0.39, 0.29) is 5.69 Å². The van der Waals surface area contributed by atoms with E-state index < -0.39 is 10.7 Å². The van der Waals surface area contributed by atoms with Crippen LogP contribution in [0.1, 0.15) is 26.0 Å². The van der Waals surface area contributed by atoms with Gasteiger partial charge in [0.1, 0.15) is 5.82 Å². The lowest BCUT2D eigenvalue weighted by atomic mass is 10.2. The van der Waals surface area contributed by atoms with E-state index in [1.807, 2.05) is 19.9 Å². The van der Waals surface area contributed by atoms with Gasteiger partial charge in [-0.3, -0.25) is 10.1 Å². The van der Waals surface area contributed by atoms with Gasteiger partial charge in [-0.2, -0.15) is 0 Å². The summed E-state index contributed by atoms with van der Waals surface area (Å²) in [4.78, 5) is 19.4. The molecular formula is C18H22N4O4. The molecule has 1 aromatic heterocycles. The molecule has 0 saturated carbocycles. The number of non-ortho nitro benzene ring substituents is 1. The van der Waals surface area contributed by atoms with Gasteiger partial charge in [-0.05, 0) is 25.5 Å². The van der Waals surface area contributed by atoms with E-state index in [4.69, 9.17) is 9.47 Å². The molecule has 1 aliphatic rings. The maximum atomic E-state index is 10.8. The Labute approximate surface area is 151 Å². The molecule has 1 fully saturated rings. The van der Waals surface area contributed by atoms with E-state index in [0.29, 0.717) is 37.8 Å². The van der Waals surface area contributed by atoms with Crippen molar-refractivity contribution in [3.05, 3.63) is 46.1 Å². The molecule has 2 heterocycles. The van der Waals surface area contributed by atoms with Gasteiger partial charge < -0.3 is 14.8 Å². The van der Waals surface area contributed by atoms with Crippen molar-refractivity contribution in [2.24, 2.45) is 0 Å². The van der Waals surface area contributed by atoms with Crippen molar-refractivity contribution >= 4 is 11.5 Å². The first-order valence-corrected chi connectivity index (χ1v) is 8.64. The Morgan fingerprint density at radius 1 is 1.23 bits per heavy atom. The number of benzene rings is 1. The highest BCUT2D eigenvalue weighted by Gasteiger charge is 2.30. The molecule has 138 valence electrons. The maximum Gasteiger partial charge on any atom is 0.269 e. The number of nitrogens with one attached hydrogen (secondary N) is 1. The van der Waals surface area contributed by atoms with Crippen LogP contribution in [0.15, 0.2) is 30.3 Å². The van der Waals surface area contributed by atoms with Crippen LogP contribution in [0, 0.1) is 10.1 Å². The summed E-state index contributed by atoms with van der Waals surface area (Å²) in [5.41, 5.74) is 1.68. The van der Waals surface area contributed by atoms with Crippen molar-refractivity contribution in [3.63, 3.8) is 0 Å². The number of hydrogen-bond acceptors (Lipinski definition) is 7. The summed E-state index contributed by atoms with van der Waals surface area (Å²) in [5, 5.41) is 14.1. The molecule has 2 aromatic rings. The molecule has 0 unspecified atom stereocenters. The van der Waals surface area contributed by atoms with Gasteiger partial charge >= 0.3 is 0 Å². The summed E-state index contributed by atoms with van der Waals surface area (Å²) in [5.74, 6) is 0.711. The second-order valence-electron chi connectivity index (χ2n) is 6.23. The Balaban J connectivity index is 1.74. The highest BCUT2D eigenvalue weighted by molar-refractivity contribution is 5.59. The van der Waals surface area contributed by atoms with Gasteiger partial charge in [-0.1, -0.05) is 6.92 Å². The first-order chi connectivity index (χ1) is 12.5. The Kier molecular flexibility index (Phi) is 5.43. The van der Waals surface area contributed by atoms with Crippen molar-refractivity contribution in [1.82, 2.24) is 9.97 Å². The first-order valence-electron chi connectivity index (χ1n) is 8.64. The second-order valence-corrected chi connectivity index (χ2v) is 6.23. The zero-order valence-corrected chi connectivity index (χ0v) is 14.9. The summed E-state index contributed by atoms with van der Waals surface area (Å²) in [6, 6.07) is 8.16. The smallest absolute Gasteiger partial charge is 0.269 e. The quantitative estimate of drug-likeness (QED) is 0.599. The van der Waals surface area contributed by atoms with Crippen LogP contribution >= 0.6 is 0 Å². The van der Waals surface area contributed by atoms with Gasteiger partial charge in [0.25, 0.3) is 5.69 Å². The summed E-state index contributed by atoms with van der Waals surface area (Å²) in [6.45, 7) is 5.84. The number of nitro groups is 1. The molecule has 1 saturated heterocycles. The molecule has 1 N–H and O–H groups in total. The van der Waals surface area contributed by atoms with Crippen LogP contribution in [-0.4, -0.2) is 40.4 Å². The molecule has 0 bridgehead atoms. The number of nitrogens with zero attached hydrogens (tertiary/aromatic N) is 3. The van der Waals surface area contributed by atoms with Gasteiger partial charge in [-0.25, -0.2) is 9.97 Å². The fourth-order valence-electron chi connectivity index (χ4n) is 2.75. The lowest BCUT2D eigenvalue weighted by molar-refractivity contribution is -0.384.